The van der Waals surface area contributed by atoms with Gasteiger partial charge in [0.05, 0.1) is 18.3 Å². The van der Waals surface area contributed by atoms with E-state index in [1.807, 2.05) is 17.0 Å². The summed E-state index contributed by atoms with van der Waals surface area (Å²) in [6.07, 6.45) is 1.44. The predicted octanol–water partition coefficient (Wildman–Crippen LogP) is 3.37. The first-order valence-electron chi connectivity index (χ1n) is 6.30. The van der Waals surface area contributed by atoms with Crippen LogP contribution in [0.25, 0.3) is 0 Å². The second kappa shape index (κ2) is 7.35. The molecule has 2 rings (SSSR count). The third-order valence-electron chi connectivity index (χ3n) is 3.12. The van der Waals surface area contributed by atoms with E-state index in [1.54, 1.807) is 0 Å². The molecule has 1 fully saturated rings. The number of halogens is 3. The van der Waals surface area contributed by atoms with E-state index in [2.05, 4.69) is 53.1 Å². The fourth-order valence-electron chi connectivity index (χ4n) is 2.22. The minimum Gasteiger partial charge on any atom is -0.392 e. The molecule has 0 saturated carbocycles. The van der Waals surface area contributed by atoms with E-state index >= 15 is 0 Å². The molecule has 0 aliphatic carbocycles. The van der Waals surface area contributed by atoms with E-state index in [0.29, 0.717) is 13.1 Å². The minimum absolute atomic E-state index is 0.0807. The number of likely N-dealkylation sites (tertiary alicyclic amines) is 1. The first-order chi connectivity index (χ1) is 9.45. The molecule has 20 heavy (non-hydrogen) atoms. The van der Waals surface area contributed by atoms with Crippen LogP contribution in [0.5, 0.6) is 0 Å². The van der Waals surface area contributed by atoms with Crippen LogP contribution >= 0.6 is 47.8 Å². The van der Waals surface area contributed by atoms with E-state index in [0.717, 1.165) is 38.5 Å². The number of amides is 1. The van der Waals surface area contributed by atoms with Crippen LogP contribution in [0.3, 0.4) is 0 Å². The maximum absolute atomic E-state index is 12.1. The number of benzene rings is 1. The van der Waals surface area contributed by atoms with Gasteiger partial charge in [0.25, 0.3) is 0 Å². The second-order valence-electron chi connectivity index (χ2n) is 4.82. The van der Waals surface area contributed by atoms with E-state index in [9.17, 15) is 9.90 Å². The topological polar surface area (TPSA) is 52.6 Å². The quantitative estimate of drug-likeness (QED) is 0.712. The molecule has 0 unspecified atom stereocenters. The molecule has 1 atom stereocenters. The van der Waals surface area contributed by atoms with Gasteiger partial charge in [-0.3, -0.25) is 9.69 Å². The second-order valence-corrected chi connectivity index (χ2v) is 7.45. The Bertz CT molecular complexity index is 487. The highest BCUT2D eigenvalue weighted by molar-refractivity contribution is 9.11. The molecule has 4 nitrogen and oxygen atoms in total. The molecule has 1 aliphatic rings. The maximum atomic E-state index is 12.1. The van der Waals surface area contributed by atoms with Crippen molar-refractivity contribution in [1.29, 1.82) is 0 Å². The number of carbonyl (C=O) groups excluding carboxylic acids is 1. The van der Waals surface area contributed by atoms with E-state index in [-0.39, 0.29) is 12.0 Å². The number of anilines is 1. The Morgan fingerprint density at radius 2 is 2.00 bits per heavy atom. The summed E-state index contributed by atoms with van der Waals surface area (Å²) in [6, 6.07) is 3.76. The largest absolute Gasteiger partial charge is 0.392 e. The van der Waals surface area contributed by atoms with Crippen molar-refractivity contribution < 1.29 is 9.90 Å². The van der Waals surface area contributed by atoms with Crippen LogP contribution < -0.4 is 5.32 Å². The zero-order valence-electron chi connectivity index (χ0n) is 10.7. The number of hydrogen-bond donors (Lipinski definition) is 2. The fourth-order valence-corrected chi connectivity index (χ4v) is 4.68. The molecular formula is C13H15Br3N2O2. The Hall–Kier alpha value is 0.0500. The summed E-state index contributed by atoms with van der Waals surface area (Å²) < 4.78 is 2.55. The lowest BCUT2D eigenvalue weighted by Gasteiger charge is -2.29. The number of nitrogens with zero attached hydrogens (tertiary/aromatic N) is 1. The maximum Gasteiger partial charge on any atom is 0.238 e. The van der Waals surface area contributed by atoms with E-state index in [4.69, 9.17) is 0 Å². The summed E-state index contributed by atoms with van der Waals surface area (Å²) in [6.45, 7) is 1.72. The number of rotatable bonds is 3. The van der Waals surface area contributed by atoms with Crippen molar-refractivity contribution >= 4 is 59.4 Å². The Morgan fingerprint density at radius 1 is 1.35 bits per heavy atom. The van der Waals surface area contributed by atoms with Crippen LogP contribution in [-0.2, 0) is 4.79 Å². The number of aliphatic hydroxyl groups is 1. The van der Waals surface area contributed by atoms with Crippen molar-refractivity contribution in [1.82, 2.24) is 4.90 Å². The normalized spacial score (nSPS) is 19.9. The Labute approximate surface area is 143 Å². The molecule has 0 bridgehead atoms. The number of nitrogens with one attached hydrogen (secondary N) is 1. The summed E-state index contributed by atoms with van der Waals surface area (Å²) in [5, 5.41) is 12.5. The zero-order chi connectivity index (χ0) is 14.7. The van der Waals surface area contributed by atoms with Crippen molar-refractivity contribution in [2.24, 2.45) is 0 Å². The number of piperidine rings is 1. The molecule has 1 amide bonds. The van der Waals surface area contributed by atoms with Crippen LogP contribution in [-0.4, -0.2) is 41.7 Å². The molecule has 0 spiro atoms. The van der Waals surface area contributed by atoms with Gasteiger partial charge < -0.3 is 10.4 Å². The third-order valence-corrected chi connectivity index (χ3v) is 4.83. The van der Waals surface area contributed by atoms with Crippen molar-refractivity contribution in [3.8, 4) is 0 Å². The monoisotopic (exact) mass is 468 g/mol. The van der Waals surface area contributed by atoms with Gasteiger partial charge in [0, 0.05) is 20.0 Å². The first-order valence-corrected chi connectivity index (χ1v) is 8.68. The summed E-state index contributed by atoms with van der Waals surface area (Å²) in [4.78, 5) is 14.1. The van der Waals surface area contributed by atoms with Gasteiger partial charge in [0.1, 0.15) is 0 Å². The van der Waals surface area contributed by atoms with Gasteiger partial charge in [-0.15, -0.1) is 0 Å². The van der Waals surface area contributed by atoms with Crippen molar-refractivity contribution in [3.05, 3.63) is 25.6 Å². The zero-order valence-corrected chi connectivity index (χ0v) is 15.5. The van der Waals surface area contributed by atoms with Gasteiger partial charge in [-0.2, -0.15) is 0 Å². The van der Waals surface area contributed by atoms with Crippen LogP contribution in [0.2, 0.25) is 0 Å². The van der Waals surface area contributed by atoms with Crippen LogP contribution in [0.4, 0.5) is 5.69 Å². The minimum atomic E-state index is -0.317. The predicted molar refractivity (Wildman–Crippen MR) is 89.9 cm³/mol. The standard InChI is InChI=1S/C13H15Br3N2O2/c14-8-4-10(15)13(11(16)5-8)17-12(20)7-18-3-1-2-9(19)6-18/h4-5,9,19H,1-3,6-7H2,(H,17,20)/t9-/m0/s1. The molecule has 1 aliphatic heterocycles. The highest BCUT2D eigenvalue weighted by Crippen LogP contribution is 2.34. The summed E-state index contributed by atoms with van der Waals surface area (Å²) in [5.74, 6) is -0.0807. The van der Waals surface area contributed by atoms with Gasteiger partial charge in [-0.05, 0) is 63.4 Å². The molecular weight excluding hydrogens is 456 g/mol. The Kier molecular flexibility index (Phi) is 6.04. The van der Waals surface area contributed by atoms with Crippen molar-refractivity contribution in [3.63, 3.8) is 0 Å². The fraction of sp³-hybridized carbons (Fsp3) is 0.462. The molecule has 1 aromatic rings. The highest BCUT2D eigenvalue weighted by Gasteiger charge is 2.20. The SMILES string of the molecule is O=C(CN1CCC[C@H](O)C1)Nc1c(Br)cc(Br)cc1Br. The molecule has 7 heteroatoms. The van der Waals surface area contributed by atoms with Gasteiger partial charge in [0.2, 0.25) is 5.91 Å². The van der Waals surface area contributed by atoms with Crippen molar-refractivity contribution in [2.45, 2.75) is 18.9 Å². The van der Waals surface area contributed by atoms with Gasteiger partial charge in [0.15, 0.2) is 0 Å². The Balaban J connectivity index is 1.98. The summed E-state index contributed by atoms with van der Waals surface area (Å²) >= 11 is 10.3. The van der Waals surface area contributed by atoms with E-state index in [1.165, 1.54) is 0 Å². The number of hydrogen-bond acceptors (Lipinski definition) is 3. The lowest BCUT2D eigenvalue weighted by Crippen LogP contribution is -2.42. The average Bonchev–Trinajstić information content (AvgIpc) is 2.33. The number of carbonyl (C=O) groups is 1. The highest BCUT2D eigenvalue weighted by atomic mass is 79.9. The molecule has 2 N–H and O–H groups in total. The molecule has 1 heterocycles. The molecule has 110 valence electrons. The number of aliphatic hydroxyl groups excluding tert-OH is 1. The lowest BCUT2D eigenvalue weighted by atomic mass is 10.1. The summed E-state index contributed by atoms with van der Waals surface area (Å²) in [5.41, 5.74) is 0.718. The van der Waals surface area contributed by atoms with Crippen LogP contribution in [0, 0.1) is 0 Å². The smallest absolute Gasteiger partial charge is 0.238 e. The van der Waals surface area contributed by atoms with Crippen LogP contribution in [0.1, 0.15) is 12.8 Å². The van der Waals surface area contributed by atoms with E-state index < -0.39 is 0 Å². The van der Waals surface area contributed by atoms with Gasteiger partial charge in [-0.25, -0.2) is 0 Å². The molecule has 1 saturated heterocycles. The van der Waals surface area contributed by atoms with Crippen molar-refractivity contribution in [2.75, 3.05) is 25.0 Å². The van der Waals surface area contributed by atoms with Crippen LogP contribution in [0.15, 0.2) is 25.6 Å². The van der Waals surface area contributed by atoms with Gasteiger partial charge >= 0.3 is 0 Å². The number of β-amino-alcohol motifs (C(OH)–C–C–N with tert-alkyl or cyclic N) is 1. The third kappa shape index (κ3) is 4.53. The molecule has 0 aromatic heterocycles. The molecule has 0 radical (unpaired) electrons. The van der Waals surface area contributed by atoms with Gasteiger partial charge in [-0.1, -0.05) is 15.9 Å². The lowest BCUT2D eigenvalue weighted by molar-refractivity contribution is -0.118. The first kappa shape index (κ1) is 16.4. The average molecular weight is 471 g/mol. The Morgan fingerprint density at radius 3 is 2.60 bits per heavy atom. The summed E-state index contributed by atoms with van der Waals surface area (Å²) in [7, 11) is 0. The molecule has 1 aromatic carbocycles.